The molecule has 0 radical (unpaired) electrons. The molecule has 0 aromatic heterocycles. The highest BCUT2D eigenvalue weighted by Gasteiger charge is 2.33. The predicted octanol–water partition coefficient (Wildman–Crippen LogP) is 3.34. The van der Waals surface area contributed by atoms with Gasteiger partial charge in [-0.25, -0.2) is 0 Å². The fraction of sp³-hybridized carbons (Fsp3) is 0.158. The summed E-state index contributed by atoms with van der Waals surface area (Å²) in [6.07, 6.45) is 2.00. The lowest BCUT2D eigenvalue weighted by Crippen LogP contribution is -2.28. The zero-order valence-corrected chi connectivity index (χ0v) is 12.5. The molecule has 22 heavy (non-hydrogen) atoms. The number of imide groups is 1. The highest BCUT2D eigenvalue weighted by Crippen LogP contribution is 2.23. The van der Waals surface area contributed by atoms with Crippen molar-refractivity contribution in [1.29, 1.82) is 0 Å². The fourth-order valence-electron chi connectivity index (χ4n) is 2.62. The van der Waals surface area contributed by atoms with Crippen LogP contribution in [0.2, 0.25) is 0 Å². The summed E-state index contributed by atoms with van der Waals surface area (Å²) in [4.78, 5) is 25.9. The van der Waals surface area contributed by atoms with Gasteiger partial charge in [0, 0.05) is 5.57 Å². The first-order valence-corrected chi connectivity index (χ1v) is 7.29. The number of carbonyl (C=O) groups is 2. The van der Waals surface area contributed by atoms with Crippen LogP contribution in [0.3, 0.4) is 0 Å². The Morgan fingerprint density at radius 1 is 1.05 bits per heavy atom. The normalized spacial score (nSPS) is 16.6. The molecule has 0 spiro atoms. The first-order valence-electron chi connectivity index (χ1n) is 7.29. The molecule has 1 fully saturated rings. The van der Waals surface area contributed by atoms with Gasteiger partial charge in [-0.3, -0.25) is 14.5 Å². The van der Waals surface area contributed by atoms with Crippen molar-refractivity contribution in [3.63, 3.8) is 0 Å². The minimum Gasteiger partial charge on any atom is -0.274 e. The molecule has 3 heteroatoms. The Hall–Kier alpha value is -2.68. The van der Waals surface area contributed by atoms with E-state index in [-0.39, 0.29) is 18.2 Å². The lowest BCUT2D eigenvalue weighted by molar-refractivity contribution is -0.138. The van der Waals surface area contributed by atoms with Crippen molar-refractivity contribution in [2.24, 2.45) is 0 Å². The zero-order chi connectivity index (χ0) is 15.5. The molecule has 1 aliphatic rings. The summed E-state index contributed by atoms with van der Waals surface area (Å²) in [5.41, 5.74) is 3.61. The molecule has 0 unspecified atom stereocenters. The van der Waals surface area contributed by atoms with Gasteiger partial charge in [-0.1, -0.05) is 60.2 Å². The van der Waals surface area contributed by atoms with E-state index in [1.54, 1.807) is 0 Å². The summed E-state index contributed by atoms with van der Waals surface area (Å²) in [5, 5.41) is 0. The largest absolute Gasteiger partial charge is 0.274 e. The minimum atomic E-state index is -0.185. The maximum atomic E-state index is 12.4. The molecular weight excluding hydrogens is 274 g/mol. The number of likely N-dealkylation sites (tertiary alicyclic amines) is 1. The number of hydrogen-bond acceptors (Lipinski definition) is 2. The first kappa shape index (κ1) is 14.3. The summed E-state index contributed by atoms with van der Waals surface area (Å²) in [6, 6.07) is 17.5. The van der Waals surface area contributed by atoms with Crippen LogP contribution in [0, 0.1) is 6.92 Å². The number of nitrogens with zero attached hydrogens (tertiary/aromatic N) is 1. The number of hydrogen-bond donors (Lipinski definition) is 0. The number of aryl methyl sites for hydroxylation is 1. The van der Waals surface area contributed by atoms with E-state index in [9.17, 15) is 9.59 Å². The third kappa shape index (κ3) is 2.98. The van der Waals surface area contributed by atoms with Crippen LogP contribution in [0.5, 0.6) is 0 Å². The lowest BCUT2D eigenvalue weighted by atomic mass is 10.1. The van der Waals surface area contributed by atoms with Gasteiger partial charge in [-0.05, 0) is 24.1 Å². The van der Waals surface area contributed by atoms with Crippen LogP contribution in [0.25, 0.3) is 6.08 Å². The van der Waals surface area contributed by atoms with Gasteiger partial charge >= 0.3 is 0 Å². The van der Waals surface area contributed by atoms with Gasteiger partial charge in [0.1, 0.15) is 0 Å². The van der Waals surface area contributed by atoms with E-state index in [0.29, 0.717) is 12.1 Å². The van der Waals surface area contributed by atoms with Gasteiger partial charge in [0.25, 0.3) is 5.91 Å². The van der Waals surface area contributed by atoms with Crippen molar-refractivity contribution in [2.75, 3.05) is 0 Å². The third-order valence-corrected chi connectivity index (χ3v) is 3.73. The minimum absolute atomic E-state index is 0.132. The summed E-state index contributed by atoms with van der Waals surface area (Å²) in [7, 11) is 0. The maximum Gasteiger partial charge on any atom is 0.257 e. The second-order valence-corrected chi connectivity index (χ2v) is 5.53. The summed E-state index contributed by atoms with van der Waals surface area (Å²) >= 11 is 0. The molecule has 1 heterocycles. The summed E-state index contributed by atoms with van der Waals surface area (Å²) < 4.78 is 0. The number of benzene rings is 2. The monoisotopic (exact) mass is 291 g/mol. The highest BCUT2D eigenvalue weighted by atomic mass is 16.2. The van der Waals surface area contributed by atoms with Crippen LogP contribution < -0.4 is 0 Å². The standard InChI is InChI=1S/C19H17NO2/c1-14-6-5-9-16(10-14)11-17-12-18(21)20(19(17)22)13-15-7-3-2-4-8-15/h2-11H,12-13H2,1H3/b17-11+. The molecule has 3 nitrogen and oxygen atoms in total. The number of rotatable bonds is 3. The number of carbonyl (C=O) groups excluding carboxylic acids is 2. The van der Waals surface area contributed by atoms with E-state index in [4.69, 9.17) is 0 Å². The van der Waals surface area contributed by atoms with E-state index < -0.39 is 0 Å². The average molecular weight is 291 g/mol. The van der Waals surface area contributed by atoms with Crippen molar-refractivity contribution >= 4 is 17.9 Å². The Balaban J connectivity index is 1.82. The van der Waals surface area contributed by atoms with Gasteiger partial charge in [0.05, 0.1) is 13.0 Å². The zero-order valence-electron chi connectivity index (χ0n) is 12.5. The molecule has 2 aromatic rings. The van der Waals surface area contributed by atoms with Crippen LogP contribution in [0.1, 0.15) is 23.1 Å². The van der Waals surface area contributed by atoms with Crippen LogP contribution in [-0.4, -0.2) is 16.7 Å². The highest BCUT2D eigenvalue weighted by molar-refractivity contribution is 6.15. The Kier molecular flexibility index (Phi) is 3.88. The van der Waals surface area contributed by atoms with E-state index in [1.807, 2.05) is 67.6 Å². The molecule has 0 saturated carbocycles. The lowest BCUT2D eigenvalue weighted by Gasteiger charge is -2.13. The molecule has 2 amide bonds. The van der Waals surface area contributed by atoms with Crippen LogP contribution in [-0.2, 0) is 16.1 Å². The smallest absolute Gasteiger partial charge is 0.257 e. The predicted molar refractivity (Wildman–Crippen MR) is 85.8 cm³/mol. The molecular formula is C19H17NO2. The molecule has 2 aromatic carbocycles. The van der Waals surface area contributed by atoms with Crippen molar-refractivity contribution in [3.8, 4) is 0 Å². The van der Waals surface area contributed by atoms with E-state index in [2.05, 4.69) is 0 Å². The van der Waals surface area contributed by atoms with E-state index in [0.717, 1.165) is 16.7 Å². The molecule has 0 aliphatic carbocycles. The van der Waals surface area contributed by atoms with Gasteiger partial charge in [0.15, 0.2) is 0 Å². The van der Waals surface area contributed by atoms with E-state index in [1.165, 1.54) is 4.90 Å². The van der Waals surface area contributed by atoms with Crippen molar-refractivity contribution in [2.45, 2.75) is 19.9 Å². The summed E-state index contributed by atoms with van der Waals surface area (Å²) in [5.74, 6) is -0.317. The maximum absolute atomic E-state index is 12.4. The van der Waals surface area contributed by atoms with Gasteiger partial charge in [-0.2, -0.15) is 0 Å². The fourth-order valence-corrected chi connectivity index (χ4v) is 2.62. The SMILES string of the molecule is Cc1cccc(/C=C2\CC(=O)N(Cc3ccccc3)C2=O)c1. The third-order valence-electron chi connectivity index (χ3n) is 3.73. The second-order valence-electron chi connectivity index (χ2n) is 5.53. The molecule has 0 atom stereocenters. The quantitative estimate of drug-likeness (QED) is 0.642. The Bertz CT molecular complexity index is 747. The molecule has 110 valence electrons. The van der Waals surface area contributed by atoms with Crippen LogP contribution in [0.4, 0.5) is 0 Å². The van der Waals surface area contributed by atoms with Gasteiger partial charge < -0.3 is 0 Å². The van der Waals surface area contributed by atoms with E-state index >= 15 is 0 Å². The molecule has 1 saturated heterocycles. The average Bonchev–Trinajstić information content (AvgIpc) is 2.76. The summed E-state index contributed by atoms with van der Waals surface area (Å²) in [6.45, 7) is 2.34. The van der Waals surface area contributed by atoms with Crippen molar-refractivity contribution in [1.82, 2.24) is 4.90 Å². The molecule has 1 aliphatic heterocycles. The second kappa shape index (κ2) is 5.98. The molecule has 0 bridgehead atoms. The molecule has 0 N–H and O–H groups in total. The molecule has 3 rings (SSSR count). The first-order chi connectivity index (χ1) is 10.6. The number of amides is 2. The Labute approximate surface area is 129 Å². The Morgan fingerprint density at radius 2 is 1.82 bits per heavy atom. The van der Waals surface area contributed by atoms with Gasteiger partial charge in [0.2, 0.25) is 5.91 Å². The van der Waals surface area contributed by atoms with Crippen LogP contribution >= 0.6 is 0 Å². The topological polar surface area (TPSA) is 37.4 Å². The van der Waals surface area contributed by atoms with Crippen LogP contribution in [0.15, 0.2) is 60.2 Å². The Morgan fingerprint density at radius 3 is 2.55 bits per heavy atom. The van der Waals surface area contributed by atoms with Gasteiger partial charge in [-0.15, -0.1) is 0 Å². The van der Waals surface area contributed by atoms with Crippen molar-refractivity contribution in [3.05, 3.63) is 76.9 Å². The van der Waals surface area contributed by atoms with Crippen molar-refractivity contribution < 1.29 is 9.59 Å².